The lowest BCUT2D eigenvalue weighted by Crippen LogP contribution is -2.46. The van der Waals surface area contributed by atoms with Gasteiger partial charge in [0.1, 0.15) is 11.6 Å². The number of anilines is 1. The van der Waals surface area contributed by atoms with Crippen LogP contribution in [0.15, 0.2) is 18.2 Å². The predicted molar refractivity (Wildman–Crippen MR) is 97.4 cm³/mol. The van der Waals surface area contributed by atoms with Crippen LogP contribution in [0.1, 0.15) is 30.1 Å². The van der Waals surface area contributed by atoms with E-state index >= 15 is 0 Å². The number of halogens is 1. The zero-order chi connectivity index (χ0) is 16.5. The van der Waals surface area contributed by atoms with Gasteiger partial charge in [0, 0.05) is 60.8 Å². The molecule has 1 aliphatic heterocycles. The lowest BCUT2D eigenvalue weighted by molar-refractivity contribution is 0.246. The molecular formula is C17H21ClN4OS. The number of nitrogens with zero attached hydrogens (tertiary/aromatic N) is 4. The third-order valence-corrected chi connectivity index (χ3v) is 5.68. The van der Waals surface area contributed by atoms with Crippen molar-refractivity contribution in [3.05, 3.63) is 34.6 Å². The monoisotopic (exact) mass is 364 g/mol. The van der Waals surface area contributed by atoms with E-state index in [9.17, 15) is 0 Å². The molecule has 1 saturated heterocycles. The molecule has 0 N–H and O–H groups in total. The molecule has 24 heavy (non-hydrogen) atoms. The summed E-state index contributed by atoms with van der Waals surface area (Å²) in [7, 11) is 1.71. The number of hydrogen-bond acceptors (Lipinski definition) is 6. The van der Waals surface area contributed by atoms with Gasteiger partial charge < -0.3 is 9.64 Å². The van der Waals surface area contributed by atoms with E-state index in [0.29, 0.717) is 5.92 Å². The van der Waals surface area contributed by atoms with Crippen molar-refractivity contribution < 1.29 is 4.74 Å². The Morgan fingerprint density at radius 1 is 1.25 bits per heavy atom. The fourth-order valence-electron chi connectivity index (χ4n) is 3.07. The van der Waals surface area contributed by atoms with Crippen LogP contribution in [0.3, 0.4) is 0 Å². The van der Waals surface area contributed by atoms with Crippen molar-refractivity contribution in [1.82, 2.24) is 14.3 Å². The summed E-state index contributed by atoms with van der Waals surface area (Å²) in [6.07, 6.45) is 2.51. The summed E-state index contributed by atoms with van der Waals surface area (Å²) in [5.41, 5.74) is 1.14. The van der Waals surface area contributed by atoms with Crippen molar-refractivity contribution in [3.63, 3.8) is 0 Å². The van der Waals surface area contributed by atoms with Gasteiger partial charge in [0.2, 0.25) is 5.13 Å². The van der Waals surface area contributed by atoms with Crippen molar-refractivity contribution in [2.45, 2.75) is 25.3 Å². The molecule has 0 unspecified atom stereocenters. The van der Waals surface area contributed by atoms with Gasteiger partial charge in [-0.05, 0) is 31.0 Å². The number of hydrogen-bond donors (Lipinski definition) is 0. The third-order valence-electron chi connectivity index (χ3n) is 4.65. The smallest absolute Gasteiger partial charge is 0.205 e. The van der Waals surface area contributed by atoms with Gasteiger partial charge in [-0.1, -0.05) is 11.6 Å². The average Bonchev–Trinajstić information content (AvgIpc) is 3.33. The van der Waals surface area contributed by atoms with Crippen LogP contribution < -0.4 is 9.64 Å². The SMILES string of the molecule is COc1ccc(Cl)cc1CN1CCN(c2nc(C3CC3)ns2)CC1. The Balaban J connectivity index is 1.36. The summed E-state index contributed by atoms with van der Waals surface area (Å²) in [6, 6.07) is 5.81. The van der Waals surface area contributed by atoms with Crippen LogP contribution in [0.25, 0.3) is 0 Å². The Bertz CT molecular complexity index is 710. The van der Waals surface area contributed by atoms with E-state index in [-0.39, 0.29) is 0 Å². The lowest BCUT2D eigenvalue weighted by Gasteiger charge is -2.34. The number of methoxy groups -OCH3 is 1. The number of aromatic nitrogens is 2. The van der Waals surface area contributed by atoms with Crippen LogP contribution >= 0.6 is 23.1 Å². The Labute approximate surface area is 151 Å². The second-order valence-electron chi connectivity index (χ2n) is 6.43. The molecule has 7 heteroatoms. The van der Waals surface area contributed by atoms with Gasteiger partial charge in [-0.2, -0.15) is 4.37 Å². The van der Waals surface area contributed by atoms with Gasteiger partial charge in [0.15, 0.2) is 0 Å². The van der Waals surface area contributed by atoms with Crippen molar-refractivity contribution >= 4 is 28.3 Å². The summed E-state index contributed by atoms with van der Waals surface area (Å²) >= 11 is 7.68. The molecule has 0 amide bonds. The van der Waals surface area contributed by atoms with Crippen LogP contribution in [-0.4, -0.2) is 47.5 Å². The first-order valence-corrected chi connectivity index (χ1v) is 9.51. The summed E-state index contributed by atoms with van der Waals surface area (Å²) < 4.78 is 9.97. The average molecular weight is 365 g/mol. The molecule has 2 fully saturated rings. The van der Waals surface area contributed by atoms with E-state index in [0.717, 1.165) is 60.0 Å². The van der Waals surface area contributed by atoms with E-state index in [1.165, 1.54) is 12.8 Å². The molecule has 5 nitrogen and oxygen atoms in total. The molecule has 2 heterocycles. The standard InChI is InChI=1S/C17H21ClN4OS/c1-23-15-5-4-14(18)10-13(15)11-21-6-8-22(9-7-21)17-19-16(20-24-17)12-2-3-12/h4-5,10,12H,2-3,6-9,11H2,1H3. The quantitative estimate of drug-likeness (QED) is 0.813. The van der Waals surface area contributed by atoms with Gasteiger partial charge in [-0.15, -0.1) is 0 Å². The second kappa shape index (κ2) is 6.86. The van der Waals surface area contributed by atoms with Gasteiger partial charge in [-0.3, -0.25) is 4.90 Å². The van der Waals surface area contributed by atoms with Gasteiger partial charge in [0.05, 0.1) is 7.11 Å². The maximum Gasteiger partial charge on any atom is 0.205 e. The van der Waals surface area contributed by atoms with E-state index in [2.05, 4.69) is 14.2 Å². The fraction of sp³-hybridized carbons (Fsp3) is 0.529. The molecule has 0 spiro atoms. The summed E-state index contributed by atoms with van der Waals surface area (Å²) in [5, 5.41) is 1.84. The normalized spacial score (nSPS) is 18.8. The number of piperazine rings is 1. The van der Waals surface area contributed by atoms with Gasteiger partial charge >= 0.3 is 0 Å². The highest BCUT2D eigenvalue weighted by Crippen LogP contribution is 2.39. The van der Waals surface area contributed by atoms with Crippen molar-refractivity contribution in [3.8, 4) is 5.75 Å². The molecule has 0 atom stereocenters. The molecule has 4 rings (SSSR count). The van der Waals surface area contributed by atoms with E-state index in [1.807, 2.05) is 18.2 Å². The van der Waals surface area contributed by atoms with E-state index in [1.54, 1.807) is 18.6 Å². The van der Waals surface area contributed by atoms with E-state index < -0.39 is 0 Å². The number of ether oxygens (including phenoxy) is 1. The molecule has 2 aliphatic rings. The number of benzene rings is 1. The Hall–Kier alpha value is -1.37. The van der Waals surface area contributed by atoms with Gasteiger partial charge in [0.25, 0.3) is 0 Å². The Kier molecular flexibility index (Phi) is 4.61. The highest BCUT2D eigenvalue weighted by molar-refractivity contribution is 7.09. The van der Waals surface area contributed by atoms with Crippen LogP contribution in [0.2, 0.25) is 5.02 Å². The van der Waals surface area contributed by atoms with Crippen molar-refractivity contribution in [1.29, 1.82) is 0 Å². The fourth-order valence-corrected chi connectivity index (χ4v) is 4.06. The molecule has 1 aromatic carbocycles. The molecular weight excluding hydrogens is 344 g/mol. The highest BCUT2D eigenvalue weighted by atomic mass is 35.5. The first kappa shape index (κ1) is 16.1. The summed E-state index contributed by atoms with van der Waals surface area (Å²) in [6.45, 7) is 4.85. The zero-order valence-corrected chi connectivity index (χ0v) is 15.3. The summed E-state index contributed by atoms with van der Waals surface area (Å²) in [4.78, 5) is 9.52. The Morgan fingerprint density at radius 2 is 2.04 bits per heavy atom. The Morgan fingerprint density at radius 3 is 2.75 bits per heavy atom. The largest absolute Gasteiger partial charge is 0.496 e. The van der Waals surface area contributed by atoms with Gasteiger partial charge in [-0.25, -0.2) is 4.98 Å². The minimum Gasteiger partial charge on any atom is -0.496 e. The molecule has 128 valence electrons. The molecule has 1 aliphatic carbocycles. The van der Waals surface area contributed by atoms with Crippen molar-refractivity contribution in [2.75, 3.05) is 38.2 Å². The third kappa shape index (κ3) is 3.50. The molecule has 1 saturated carbocycles. The summed E-state index contributed by atoms with van der Waals surface area (Å²) in [5.74, 6) is 2.59. The highest BCUT2D eigenvalue weighted by Gasteiger charge is 2.29. The topological polar surface area (TPSA) is 41.5 Å². The first-order valence-electron chi connectivity index (χ1n) is 8.36. The second-order valence-corrected chi connectivity index (χ2v) is 7.60. The minimum atomic E-state index is 0.631. The van der Waals surface area contributed by atoms with Crippen LogP contribution in [-0.2, 0) is 6.54 Å². The minimum absolute atomic E-state index is 0.631. The zero-order valence-electron chi connectivity index (χ0n) is 13.7. The maximum atomic E-state index is 6.13. The molecule has 0 radical (unpaired) electrons. The number of rotatable bonds is 5. The van der Waals surface area contributed by atoms with Crippen LogP contribution in [0.5, 0.6) is 5.75 Å². The lowest BCUT2D eigenvalue weighted by atomic mass is 10.1. The molecule has 1 aromatic heterocycles. The molecule has 2 aromatic rings. The van der Waals surface area contributed by atoms with Crippen LogP contribution in [0.4, 0.5) is 5.13 Å². The predicted octanol–water partition coefficient (Wildman–Crippen LogP) is 3.40. The molecule has 0 bridgehead atoms. The maximum absolute atomic E-state index is 6.13. The van der Waals surface area contributed by atoms with Crippen LogP contribution in [0, 0.1) is 0 Å². The van der Waals surface area contributed by atoms with Crippen molar-refractivity contribution in [2.24, 2.45) is 0 Å². The first-order chi connectivity index (χ1) is 11.7. The van der Waals surface area contributed by atoms with E-state index in [4.69, 9.17) is 21.3 Å².